The van der Waals surface area contributed by atoms with E-state index in [2.05, 4.69) is 86.5 Å². The van der Waals surface area contributed by atoms with Crippen molar-refractivity contribution in [1.82, 2.24) is 9.80 Å². The molecule has 0 heterocycles. The molecule has 0 aliphatic carbocycles. The van der Waals surface area contributed by atoms with Crippen LogP contribution in [0.3, 0.4) is 0 Å². The molecule has 131 valence electrons. The fourth-order valence-electron chi connectivity index (χ4n) is 2.36. The van der Waals surface area contributed by atoms with Crippen LogP contribution in [0.5, 0.6) is 0 Å². The van der Waals surface area contributed by atoms with Crippen LogP contribution in [0.2, 0.25) is 0 Å². The number of rotatable bonds is 8. The zero-order valence-corrected chi connectivity index (χ0v) is 16.3. The summed E-state index contributed by atoms with van der Waals surface area (Å²) in [6.45, 7) is 2.37. The minimum Gasteiger partial charge on any atom is -0.309 e. The van der Waals surface area contributed by atoms with Crippen LogP contribution in [-0.4, -0.2) is 51.1 Å². The van der Waals surface area contributed by atoms with Crippen molar-refractivity contribution in [3.05, 3.63) is 59.7 Å². The average molecular weight is 355 g/mol. The van der Waals surface area contributed by atoms with E-state index in [1.807, 2.05) is 0 Å². The Labute approximate surface area is 153 Å². The molecule has 0 bridgehead atoms. The van der Waals surface area contributed by atoms with Gasteiger partial charge in [0.2, 0.25) is 0 Å². The third-order valence-electron chi connectivity index (χ3n) is 3.60. The quantitative estimate of drug-likeness (QED) is 0.525. The molecule has 23 heavy (non-hydrogen) atoms. The summed E-state index contributed by atoms with van der Waals surface area (Å²) in [4.78, 5) is 4.45. The second-order valence-electron chi connectivity index (χ2n) is 6.40. The van der Waals surface area contributed by atoms with Gasteiger partial charge in [0.1, 0.15) is 0 Å². The third kappa shape index (κ3) is 12.3. The predicted octanol–water partition coefficient (Wildman–Crippen LogP) is 3.80. The largest absolute Gasteiger partial charge is 0.309 e. The van der Waals surface area contributed by atoms with Gasteiger partial charge < -0.3 is 9.80 Å². The molecule has 0 spiro atoms. The van der Waals surface area contributed by atoms with Gasteiger partial charge in [0, 0.05) is 17.1 Å². The molecule has 3 heteroatoms. The minimum atomic E-state index is 0. The topological polar surface area (TPSA) is 6.48 Å². The maximum Gasteiger partial charge on any atom is 0 e. The number of hydrogen-bond acceptors (Lipinski definition) is 2. The first kappa shape index (κ1) is 22.1. The van der Waals surface area contributed by atoms with E-state index >= 15 is 0 Å². The van der Waals surface area contributed by atoms with E-state index in [0.717, 1.165) is 0 Å². The Morgan fingerprint density at radius 3 is 1.17 bits per heavy atom. The van der Waals surface area contributed by atoms with Gasteiger partial charge in [0.15, 0.2) is 0 Å². The van der Waals surface area contributed by atoms with Gasteiger partial charge in [-0.05, 0) is 54.1 Å². The van der Waals surface area contributed by atoms with Crippen molar-refractivity contribution in [2.75, 3.05) is 41.3 Å². The van der Waals surface area contributed by atoms with Crippen LogP contribution < -0.4 is 0 Å². The smallest absolute Gasteiger partial charge is 0 e. The predicted molar refractivity (Wildman–Crippen MR) is 97.8 cm³/mol. The Morgan fingerprint density at radius 1 is 0.609 bits per heavy atom. The molecule has 0 amide bonds. The average Bonchev–Trinajstić information content (AvgIpc) is 3.11. The molecule has 0 unspecified atom stereocenters. The molecule has 2 aromatic carbocycles. The van der Waals surface area contributed by atoms with Crippen LogP contribution >= 0.6 is 0 Å². The van der Waals surface area contributed by atoms with E-state index in [-0.39, 0.29) is 17.1 Å². The van der Waals surface area contributed by atoms with E-state index in [9.17, 15) is 0 Å². The van der Waals surface area contributed by atoms with Crippen LogP contribution in [0.25, 0.3) is 0 Å². The van der Waals surface area contributed by atoms with Crippen molar-refractivity contribution in [2.45, 2.75) is 25.7 Å². The van der Waals surface area contributed by atoms with Gasteiger partial charge in [-0.15, -0.1) is 0 Å². The molecule has 1 radical (unpaired) electrons. The van der Waals surface area contributed by atoms with E-state index in [1.165, 1.54) is 49.9 Å². The molecule has 0 atom stereocenters. The number of nitrogens with zero attached hydrogens (tertiary/aromatic N) is 2. The van der Waals surface area contributed by atoms with Crippen molar-refractivity contribution in [3.8, 4) is 0 Å². The van der Waals surface area contributed by atoms with E-state index < -0.39 is 0 Å². The summed E-state index contributed by atoms with van der Waals surface area (Å²) in [6, 6.07) is 17.2. The molecule has 2 rings (SSSR count). The van der Waals surface area contributed by atoms with Gasteiger partial charge in [-0.1, -0.05) is 12.8 Å². The van der Waals surface area contributed by atoms with Crippen LogP contribution in [-0.2, 0) is 29.9 Å². The van der Waals surface area contributed by atoms with E-state index in [0.29, 0.717) is 0 Å². The van der Waals surface area contributed by atoms with Crippen LogP contribution in [0.1, 0.15) is 24.0 Å². The molecule has 0 saturated heterocycles. The van der Waals surface area contributed by atoms with Gasteiger partial charge in [0.25, 0.3) is 0 Å². The Hall–Kier alpha value is -0.861. The van der Waals surface area contributed by atoms with Crippen molar-refractivity contribution in [3.63, 3.8) is 0 Å². The monoisotopic (exact) mass is 355 g/mol. The maximum absolute atomic E-state index is 2.23. The molecule has 0 N–H and O–H groups in total. The standard InChI is InChI=1S/2C10H16N.Mn/c2*1-11(2)9-5-8-10-6-3-4-7-10;/h2*3-4,6-7H,5,8-9H2,1-2H3;/q2*-1;. The Bertz CT molecular complexity index is 400. The maximum atomic E-state index is 2.23. The molecular formula is C20H32MnN2-2. The Morgan fingerprint density at radius 2 is 0.913 bits per heavy atom. The summed E-state index contributed by atoms with van der Waals surface area (Å²) < 4.78 is 0. The van der Waals surface area contributed by atoms with Crippen LogP contribution in [0, 0.1) is 0 Å². The van der Waals surface area contributed by atoms with Gasteiger partial charge in [-0.2, -0.15) is 35.4 Å². The second kappa shape index (κ2) is 13.6. The molecule has 0 fully saturated rings. The van der Waals surface area contributed by atoms with Crippen molar-refractivity contribution in [2.24, 2.45) is 0 Å². The third-order valence-corrected chi connectivity index (χ3v) is 3.60. The molecule has 0 aliphatic rings. The van der Waals surface area contributed by atoms with Gasteiger partial charge in [-0.25, -0.2) is 24.3 Å². The van der Waals surface area contributed by atoms with E-state index in [1.54, 1.807) is 0 Å². The first-order valence-corrected chi connectivity index (χ1v) is 8.28. The minimum absolute atomic E-state index is 0. The molecular weight excluding hydrogens is 323 g/mol. The summed E-state index contributed by atoms with van der Waals surface area (Å²) in [6.07, 6.45) is 4.95. The number of hydrogen-bond donors (Lipinski definition) is 0. The van der Waals surface area contributed by atoms with Crippen molar-refractivity contribution in [1.29, 1.82) is 0 Å². The van der Waals surface area contributed by atoms with E-state index in [4.69, 9.17) is 0 Å². The fourth-order valence-corrected chi connectivity index (χ4v) is 2.36. The second-order valence-corrected chi connectivity index (χ2v) is 6.40. The van der Waals surface area contributed by atoms with Crippen LogP contribution in [0.4, 0.5) is 0 Å². The fraction of sp³-hybridized carbons (Fsp3) is 0.500. The summed E-state index contributed by atoms with van der Waals surface area (Å²) >= 11 is 0. The first-order chi connectivity index (χ1) is 10.6. The zero-order chi connectivity index (χ0) is 16.2. The van der Waals surface area contributed by atoms with Crippen molar-refractivity contribution >= 4 is 0 Å². The first-order valence-electron chi connectivity index (χ1n) is 8.28. The van der Waals surface area contributed by atoms with Crippen LogP contribution in [0.15, 0.2) is 48.5 Å². The van der Waals surface area contributed by atoms with Gasteiger partial charge in [0.05, 0.1) is 0 Å². The molecule has 2 aromatic rings. The van der Waals surface area contributed by atoms with Crippen molar-refractivity contribution < 1.29 is 17.1 Å². The normalized spacial score (nSPS) is 10.3. The molecule has 2 nitrogen and oxygen atoms in total. The van der Waals surface area contributed by atoms with Gasteiger partial charge >= 0.3 is 0 Å². The molecule has 0 aliphatic heterocycles. The Balaban J connectivity index is 0.000000403. The SMILES string of the molecule is CN(C)CCC[c-]1cccc1.CN(C)CCC[c-]1cccc1.[Mn]. The van der Waals surface area contributed by atoms with Gasteiger partial charge in [-0.3, -0.25) is 0 Å². The summed E-state index contributed by atoms with van der Waals surface area (Å²) in [5.74, 6) is 0. The number of aryl methyl sites for hydroxylation is 2. The molecule has 0 saturated carbocycles. The summed E-state index contributed by atoms with van der Waals surface area (Å²) in [5, 5.41) is 0. The zero-order valence-electron chi connectivity index (χ0n) is 15.1. The Kier molecular flexibility index (Phi) is 13.1. The summed E-state index contributed by atoms with van der Waals surface area (Å²) in [7, 11) is 8.46. The summed E-state index contributed by atoms with van der Waals surface area (Å²) in [5.41, 5.74) is 2.93. The molecule has 0 aromatic heterocycles.